The zero-order valence-electron chi connectivity index (χ0n) is 8.57. The van der Waals surface area contributed by atoms with E-state index < -0.39 is 12.4 Å². The molecule has 0 spiro atoms. The molecule has 84 valence electrons. The molecule has 0 saturated heterocycles. The number of halogens is 1. The van der Waals surface area contributed by atoms with E-state index in [-0.39, 0.29) is 17.3 Å². The maximum atomic E-state index is 13.6. The summed E-state index contributed by atoms with van der Waals surface area (Å²) >= 11 is 0. The maximum Gasteiger partial charge on any atom is 0.257 e. The van der Waals surface area contributed by atoms with Gasteiger partial charge in [0.25, 0.3) is 5.88 Å². The molecule has 2 heterocycles. The van der Waals surface area contributed by atoms with Gasteiger partial charge in [-0.25, -0.2) is 9.37 Å². The van der Waals surface area contributed by atoms with Gasteiger partial charge in [-0.2, -0.15) is 0 Å². The fourth-order valence-corrected chi connectivity index (χ4v) is 1.20. The van der Waals surface area contributed by atoms with Gasteiger partial charge < -0.3 is 9.84 Å². The minimum absolute atomic E-state index is 0.136. The van der Waals surface area contributed by atoms with Crippen molar-refractivity contribution >= 4 is 0 Å². The van der Waals surface area contributed by atoms with E-state index in [2.05, 4.69) is 15.2 Å². The highest BCUT2D eigenvalue weighted by Gasteiger charge is 2.12. The molecule has 2 aromatic heterocycles. The number of rotatable bonds is 3. The smallest absolute Gasteiger partial charge is 0.257 e. The van der Waals surface area contributed by atoms with Gasteiger partial charge in [0.2, 0.25) is 5.88 Å². The molecule has 0 unspecified atom stereocenters. The molecule has 0 aliphatic heterocycles. The Morgan fingerprint density at radius 1 is 1.56 bits per heavy atom. The van der Waals surface area contributed by atoms with E-state index in [0.29, 0.717) is 0 Å². The van der Waals surface area contributed by atoms with E-state index in [9.17, 15) is 4.39 Å². The van der Waals surface area contributed by atoms with Crippen molar-refractivity contribution in [1.82, 2.24) is 15.2 Å². The first-order valence-corrected chi connectivity index (χ1v) is 4.65. The topological polar surface area (TPSA) is 71.0 Å². The molecule has 0 aliphatic carbocycles. The van der Waals surface area contributed by atoms with Crippen LogP contribution in [0.3, 0.4) is 0 Å². The second-order valence-electron chi connectivity index (χ2n) is 3.24. The Morgan fingerprint density at radius 3 is 3.00 bits per heavy atom. The highest BCUT2D eigenvalue weighted by atomic mass is 19.1. The second kappa shape index (κ2) is 4.28. The number of hydrogen-bond donors (Lipinski definition) is 2. The van der Waals surface area contributed by atoms with Crippen molar-refractivity contribution < 1.29 is 14.2 Å². The van der Waals surface area contributed by atoms with Crippen molar-refractivity contribution in [3.05, 3.63) is 35.4 Å². The Morgan fingerprint density at radius 2 is 2.38 bits per heavy atom. The van der Waals surface area contributed by atoms with Crippen LogP contribution in [0.15, 0.2) is 18.3 Å². The van der Waals surface area contributed by atoms with E-state index in [1.807, 2.05) is 0 Å². The predicted molar refractivity (Wildman–Crippen MR) is 53.5 cm³/mol. The Labute approximate surface area is 90.9 Å². The van der Waals surface area contributed by atoms with E-state index >= 15 is 0 Å². The number of aliphatic hydroxyl groups excluding tert-OH is 1. The molecule has 16 heavy (non-hydrogen) atoms. The molecule has 0 amide bonds. The molecule has 6 heteroatoms. The van der Waals surface area contributed by atoms with Gasteiger partial charge in [0.1, 0.15) is 0 Å². The lowest BCUT2D eigenvalue weighted by molar-refractivity contribution is 0.272. The zero-order valence-corrected chi connectivity index (χ0v) is 8.57. The number of nitrogens with one attached hydrogen (secondary N) is 1. The minimum Gasteiger partial charge on any atom is -0.416 e. The van der Waals surface area contributed by atoms with Crippen LogP contribution in [-0.2, 0) is 6.61 Å². The fraction of sp³-hybridized carbons (Fsp3) is 0.200. The highest BCUT2D eigenvalue weighted by molar-refractivity contribution is 5.26. The van der Waals surface area contributed by atoms with Gasteiger partial charge in [0, 0.05) is 23.5 Å². The summed E-state index contributed by atoms with van der Waals surface area (Å²) in [6, 6.07) is 3.00. The molecule has 0 radical (unpaired) electrons. The minimum atomic E-state index is -0.675. The third-order valence-corrected chi connectivity index (χ3v) is 1.99. The van der Waals surface area contributed by atoms with Crippen LogP contribution in [0.1, 0.15) is 11.3 Å². The fourth-order valence-electron chi connectivity index (χ4n) is 1.20. The van der Waals surface area contributed by atoms with Crippen LogP contribution in [0.4, 0.5) is 4.39 Å². The number of ether oxygens (including phenoxy) is 1. The summed E-state index contributed by atoms with van der Waals surface area (Å²) in [5, 5.41) is 15.3. The lowest BCUT2D eigenvalue weighted by atomic mass is 10.3. The van der Waals surface area contributed by atoms with Crippen LogP contribution in [-0.4, -0.2) is 20.3 Å². The Bertz CT molecular complexity index is 499. The van der Waals surface area contributed by atoms with Crippen LogP contribution in [0.2, 0.25) is 0 Å². The molecule has 0 aliphatic rings. The molecule has 0 aromatic carbocycles. The van der Waals surface area contributed by atoms with Gasteiger partial charge >= 0.3 is 0 Å². The molecule has 0 bridgehead atoms. The predicted octanol–water partition coefficient (Wildman–Crippen LogP) is 1.54. The van der Waals surface area contributed by atoms with Gasteiger partial charge in [-0.3, -0.25) is 5.10 Å². The third-order valence-electron chi connectivity index (χ3n) is 1.99. The van der Waals surface area contributed by atoms with Crippen molar-refractivity contribution in [2.24, 2.45) is 0 Å². The third kappa shape index (κ3) is 2.01. The van der Waals surface area contributed by atoms with Crippen LogP contribution in [0.25, 0.3) is 0 Å². The van der Waals surface area contributed by atoms with Crippen molar-refractivity contribution in [2.75, 3.05) is 0 Å². The average molecular weight is 223 g/mol. The maximum absolute atomic E-state index is 13.6. The second-order valence-corrected chi connectivity index (χ2v) is 3.24. The van der Waals surface area contributed by atoms with E-state index in [0.717, 1.165) is 5.69 Å². The highest BCUT2D eigenvalue weighted by Crippen LogP contribution is 2.22. The van der Waals surface area contributed by atoms with E-state index in [1.54, 1.807) is 13.0 Å². The van der Waals surface area contributed by atoms with Crippen molar-refractivity contribution in [3.63, 3.8) is 0 Å². The van der Waals surface area contributed by atoms with Gasteiger partial charge in [-0.15, -0.1) is 5.10 Å². The molecular weight excluding hydrogens is 213 g/mol. The van der Waals surface area contributed by atoms with Gasteiger partial charge in [0.15, 0.2) is 5.82 Å². The van der Waals surface area contributed by atoms with Crippen LogP contribution < -0.4 is 4.74 Å². The molecule has 2 rings (SSSR count). The number of nitrogens with zero attached hydrogens (tertiary/aromatic N) is 2. The van der Waals surface area contributed by atoms with Crippen LogP contribution >= 0.6 is 0 Å². The quantitative estimate of drug-likeness (QED) is 0.827. The number of aromatic amines is 1. The zero-order chi connectivity index (χ0) is 11.5. The first-order valence-electron chi connectivity index (χ1n) is 4.65. The molecule has 2 N–H and O–H groups in total. The molecule has 0 fully saturated rings. The first-order chi connectivity index (χ1) is 7.70. The Hall–Kier alpha value is -1.95. The van der Waals surface area contributed by atoms with Crippen molar-refractivity contribution in [2.45, 2.75) is 13.5 Å². The van der Waals surface area contributed by atoms with E-state index in [1.165, 1.54) is 12.3 Å². The number of pyridine rings is 1. The number of aliphatic hydroxyl groups is 1. The van der Waals surface area contributed by atoms with Crippen molar-refractivity contribution in [1.29, 1.82) is 0 Å². The Balaban J connectivity index is 2.28. The summed E-state index contributed by atoms with van der Waals surface area (Å²) < 4.78 is 18.7. The normalized spacial score (nSPS) is 10.4. The van der Waals surface area contributed by atoms with Crippen molar-refractivity contribution in [3.8, 4) is 11.8 Å². The van der Waals surface area contributed by atoms with Gasteiger partial charge in [-0.1, -0.05) is 0 Å². The van der Waals surface area contributed by atoms with Crippen LogP contribution in [0, 0.1) is 12.7 Å². The van der Waals surface area contributed by atoms with Gasteiger partial charge in [0.05, 0.1) is 6.61 Å². The molecule has 2 aromatic rings. The molecule has 0 atom stereocenters. The molecule has 5 nitrogen and oxygen atoms in total. The number of hydrogen-bond acceptors (Lipinski definition) is 4. The standard InChI is InChI=1S/C10H10FN3O2/c1-6-4-8(14-13-6)16-10-9(11)7(5-15)2-3-12-10/h2-4,15H,5H2,1H3,(H,13,14). The summed E-state index contributed by atoms with van der Waals surface area (Å²) in [6.07, 6.45) is 1.36. The molecular formula is C10H10FN3O2. The summed E-state index contributed by atoms with van der Waals surface area (Å²) in [7, 11) is 0. The monoisotopic (exact) mass is 223 g/mol. The number of aryl methyl sites for hydroxylation is 1. The van der Waals surface area contributed by atoms with Gasteiger partial charge in [-0.05, 0) is 13.0 Å². The summed E-state index contributed by atoms with van der Waals surface area (Å²) in [4.78, 5) is 3.73. The summed E-state index contributed by atoms with van der Waals surface area (Å²) in [6.45, 7) is 1.40. The Kier molecular flexibility index (Phi) is 2.82. The van der Waals surface area contributed by atoms with Crippen LogP contribution in [0.5, 0.6) is 11.8 Å². The average Bonchev–Trinajstić information content (AvgIpc) is 2.67. The number of aromatic nitrogens is 3. The lowest BCUT2D eigenvalue weighted by Crippen LogP contribution is -1.97. The lowest BCUT2D eigenvalue weighted by Gasteiger charge is -2.04. The largest absolute Gasteiger partial charge is 0.416 e. The molecule has 0 saturated carbocycles. The van der Waals surface area contributed by atoms with E-state index in [4.69, 9.17) is 9.84 Å². The number of H-pyrrole nitrogens is 1. The first kappa shape index (κ1) is 10.6. The summed E-state index contributed by atoms with van der Waals surface area (Å²) in [5.41, 5.74) is 0.936. The summed E-state index contributed by atoms with van der Waals surface area (Å²) in [5.74, 6) is -0.636. The SMILES string of the molecule is Cc1cc(Oc2nccc(CO)c2F)n[nH]1.